The summed E-state index contributed by atoms with van der Waals surface area (Å²) in [6.45, 7) is 8.44. The molecule has 4 N–H and O–H groups in total. The standard InChI is InChI=1S/C22H25N3O2S.C13H13NO3S.C2H6/c1-28-20(22(27)24-15-26)13-17-9-5-11-19(16-7-3-2-4-8-16)21(17)25-12-6-10-18(23)14-25;1-2-7-17-10-5-3-9(4-6-10)8-11-12(15)14-13(16)18-11;1-2/h2-5,7-9,11,13,15,18H,6,10,12,14,23H2,1H3,(H,24,26,27);3-6,8H,2,7H2,1H3,(H,14,15,16);1-2H3/b20-13-;11-8-;. The van der Waals surface area contributed by atoms with Gasteiger partial charge in [0.2, 0.25) is 6.41 Å². The van der Waals surface area contributed by atoms with E-state index in [9.17, 15) is 19.2 Å². The lowest BCUT2D eigenvalue weighted by molar-refractivity contribution is -0.122. The normalized spacial score (nSPS) is 16.6. The van der Waals surface area contributed by atoms with Crippen LogP contribution in [0.5, 0.6) is 5.75 Å². The molecule has 1 unspecified atom stereocenters. The Bertz CT molecular complexity index is 1590. The van der Waals surface area contributed by atoms with Gasteiger partial charge in [0.1, 0.15) is 5.75 Å². The van der Waals surface area contributed by atoms with Crippen LogP contribution in [0.25, 0.3) is 23.3 Å². The maximum atomic E-state index is 12.2. The second-order valence-electron chi connectivity index (χ2n) is 10.5. The van der Waals surface area contributed by atoms with Crippen molar-refractivity contribution in [1.82, 2.24) is 10.6 Å². The molecule has 2 heterocycles. The van der Waals surface area contributed by atoms with E-state index < -0.39 is 5.91 Å². The average Bonchev–Trinajstić information content (AvgIpc) is 3.43. The second-order valence-corrected chi connectivity index (χ2v) is 12.4. The molecule has 0 bridgehead atoms. The van der Waals surface area contributed by atoms with E-state index in [1.165, 1.54) is 11.8 Å². The Morgan fingerprint density at radius 3 is 2.42 bits per heavy atom. The molecule has 48 heavy (non-hydrogen) atoms. The van der Waals surface area contributed by atoms with Gasteiger partial charge in [-0.3, -0.25) is 29.8 Å². The number of nitrogens with zero attached hydrogens (tertiary/aromatic N) is 1. The van der Waals surface area contributed by atoms with E-state index in [0.29, 0.717) is 22.8 Å². The van der Waals surface area contributed by atoms with Crippen LogP contribution in [0, 0.1) is 0 Å². The Morgan fingerprint density at radius 2 is 1.81 bits per heavy atom. The average molecular weight is 689 g/mol. The number of benzene rings is 3. The highest BCUT2D eigenvalue weighted by Gasteiger charge is 2.25. The number of anilines is 1. The lowest BCUT2D eigenvalue weighted by atomic mass is 9.96. The molecule has 3 aromatic carbocycles. The molecule has 2 aliphatic rings. The predicted octanol–water partition coefficient (Wildman–Crippen LogP) is 7.08. The fourth-order valence-electron chi connectivity index (χ4n) is 5.03. The first-order chi connectivity index (χ1) is 23.3. The zero-order chi connectivity index (χ0) is 34.9. The van der Waals surface area contributed by atoms with Gasteiger partial charge in [-0.1, -0.05) is 81.4 Å². The number of amides is 4. The number of thioether (sulfide) groups is 2. The third-order valence-electron chi connectivity index (χ3n) is 7.14. The number of rotatable bonds is 10. The second kappa shape index (κ2) is 20.1. The van der Waals surface area contributed by atoms with Crippen molar-refractivity contribution in [2.45, 2.75) is 46.1 Å². The van der Waals surface area contributed by atoms with Gasteiger partial charge in [-0.25, -0.2) is 0 Å². The number of carbonyl (C=O) groups excluding carboxylic acids is 4. The number of nitrogens with two attached hydrogens (primary N) is 1. The van der Waals surface area contributed by atoms with E-state index in [4.69, 9.17) is 10.5 Å². The zero-order valence-electron chi connectivity index (χ0n) is 27.9. The van der Waals surface area contributed by atoms with Crippen molar-refractivity contribution in [3.63, 3.8) is 0 Å². The summed E-state index contributed by atoms with van der Waals surface area (Å²) in [5, 5.41) is 4.12. The van der Waals surface area contributed by atoms with Gasteiger partial charge in [-0.15, -0.1) is 11.8 Å². The Morgan fingerprint density at radius 1 is 1.08 bits per heavy atom. The molecular weight excluding hydrogens is 645 g/mol. The number of hydrogen-bond donors (Lipinski definition) is 3. The highest BCUT2D eigenvalue weighted by Crippen LogP contribution is 2.37. The summed E-state index contributed by atoms with van der Waals surface area (Å²) in [6, 6.07) is 23.9. The smallest absolute Gasteiger partial charge is 0.290 e. The molecule has 2 saturated heterocycles. The van der Waals surface area contributed by atoms with Crippen LogP contribution >= 0.6 is 23.5 Å². The largest absolute Gasteiger partial charge is 0.494 e. The maximum absolute atomic E-state index is 12.2. The van der Waals surface area contributed by atoms with Gasteiger partial charge in [0, 0.05) is 24.7 Å². The third-order valence-corrected chi connectivity index (χ3v) is 8.69. The first-order valence-corrected chi connectivity index (χ1v) is 18.0. The lowest BCUT2D eigenvalue weighted by Gasteiger charge is -2.35. The summed E-state index contributed by atoms with van der Waals surface area (Å²) in [7, 11) is 0. The van der Waals surface area contributed by atoms with E-state index in [-0.39, 0.29) is 17.2 Å². The highest BCUT2D eigenvalue weighted by atomic mass is 32.2. The Hall–Kier alpha value is -4.32. The van der Waals surface area contributed by atoms with Crippen molar-refractivity contribution in [2.24, 2.45) is 5.73 Å². The summed E-state index contributed by atoms with van der Waals surface area (Å²) in [5.74, 6) is 0.0730. The number of piperidine rings is 1. The van der Waals surface area contributed by atoms with E-state index in [0.717, 1.165) is 77.8 Å². The number of ether oxygens (including phenoxy) is 1. The monoisotopic (exact) mass is 688 g/mol. The zero-order valence-corrected chi connectivity index (χ0v) is 29.5. The van der Waals surface area contributed by atoms with Gasteiger partial charge < -0.3 is 15.4 Å². The van der Waals surface area contributed by atoms with E-state index in [2.05, 4.69) is 33.7 Å². The fraction of sp³-hybridized carbons (Fsp3) is 0.297. The van der Waals surface area contributed by atoms with Crippen LogP contribution in [0.3, 0.4) is 0 Å². The molecule has 2 aliphatic heterocycles. The molecule has 0 saturated carbocycles. The lowest BCUT2D eigenvalue weighted by Crippen LogP contribution is -2.43. The van der Waals surface area contributed by atoms with E-state index in [1.807, 2.05) is 87.7 Å². The Kier molecular flexibility index (Phi) is 16.0. The molecule has 0 spiro atoms. The van der Waals surface area contributed by atoms with Gasteiger partial charge in [0.25, 0.3) is 17.1 Å². The van der Waals surface area contributed by atoms with Crippen molar-refractivity contribution in [3.05, 3.63) is 93.7 Å². The van der Waals surface area contributed by atoms with Gasteiger partial charge >= 0.3 is 0 Å². The van der Waals surface area contributed by atoms with Crippen molar-refractivity contribution in [1.29, 1.82) is 0 Å². The first kappa shape index (κ1) is 38.1. The molecule has 5 rings (SSSR count). The minimum atomic E-state index is -0.395. The van der Waals surface area contributed by atoms with Crippen LogP contribution in [0.15, 0.2) is 82.6 Å². The number of hydrogen-bond acceptors (Lipinski definition) is 9. The van der Waals surface area contributed by atoms with Crippen molar-refractivity contribution in [2.75, 3.05) is 30.9 Å². The van der Waals surface area contributed by atoms with Gasteiger partial charge in [0.05, 0.1) is 22.1 Å². The highest BCUT2D eigenvalue weighted by molar-refractivity contribution is 8.18. The predicted molar refractivity (Wildman–Crippen MR) is 200 cm³/mol. The van der Waals surface area contributed by atoms with E-state index >= 15 is 0 Å². The van der Waals surface area contributed by atoms with E-state index in [1.54, 1.807) is 6.08 Å². The minimum absolute atomic E-state index is 0.132. The summed E-state index contributed by atoms with van der Waals surface area (Å²) >= 11 is 2.23. The molecule has 0 aliphatic carbocycles. The van der Waals surface area contributed by atoms with Crippen LogP contribution in [0.2, 0.25) is 0 Å². The molecule has 254 valence electrons. The van der Waals surface area contributed by atoms with Crippen molar-refractivity contribution < 1.29 is 23.9 Å². The summed E-state index contributed by atoms with van der Waals surface area (Å²) < 4.78 is 5.46. The Balaban J connectivity index is 0.000000269. The van der Waals surface area contributed by atoms with Crippen LogP contribution in [-0.2, 0) is 14.4 Å². The minimum Gasteiger partial charge on any atom is -0.494 e. The number of carbonyl (C=O) groups is 4. The molecule has 1 atom stereocenters. The number of para-hydroxylation sites is 1. The molecule has 2 fully saturated rings. The van der Waals surface area contributed by atoms with Crippen molar-refractivity contribution >= 4 is 64.8 Å². The summed E-state index contributed by atoms with van der Waals surface area (Å²) in [6.07, 6.45) is 8.80. The third kappa shape index (κ3) is 11.1. The van der Waals surface area contributed by atoms with Crippen LogP contribution in [-0.4, -0.2) is 55.5 Å². The molecular formula is C37H44N4O5S2. The van der Waals surface area contributed by atoms with Crippen LogP contribution in [0.4, 0.5) is 10.5 Å². The van der Waals surface area contributed by atoms with Gasteiger partial charge in [-0.05, 0) is 78.3 Å². The SMILES string of the molecule is CC.CCCOc1ccc(/C=C2\SC(=O)NC2=O)cc1.CS/C(=C\c1cccc(-c2ccccc2)c1N1CCCC(N)C1)C(=O)NC=O. The molecule has 3 aromatic rings. The quantitative estimate of drug-likeness (QED) is 0.151. The first-order valence-electron chi connectivity index (χ1n) is 16.0. The summed E-state index contributed by atoms with van der Waals surface area (Å²) in [5.41, 5.74) is 11.4. The van der Waals surface area contributed by atoms with Gasteiger partial charge in [-0.2, -0.15) is 0 Å². The Labute approximate surface area is 291 Å². The summed E-state index contributed by atoms with van der Waals surface area (Å²) in [4.78, 5) is 48.5. The molecule has 0 aromatic heterocycles. The molecule has 9 nitrogen and oxygen atoms in total. The number of nitrogens with one attached hydrogen (secondary N) is 2. The topological polar surface area (TPSA) is 131 Å². The maximum Gasteiger partial charge on any atom is 0.290 e. The fourth-order valence-corrected chi connectivity index (χ4v) is 6.20. The van der Waals surface area contributed by atoms with Gasteiger partial charge in [0.15, 0.2) is 0 Å². The van der Waals surface area contributed by atoms with Crippen LogP contribution in [0.1, 0.15) is 51.2 Å². The number of imide groups is 2. The van der Waals surface area contributed by atoms with Crippen LogP contribution < -0.4 is 26.0 Å². The molecule has 4 amide bonds. The van der Waals surface area contributed by atoms with Crippen molar-refractivity contribution in [3.8, 4) is 16.9 Å². The molecule has 0 radical (unpaired) electrons. The molecule has 11 heteroatoms.